The zero-order valence-corrected chi connectivity index (χ0v) is 9.29. The first-order chi connectivity index (χ1) is 7.99. The molecule has 1 aromatic rings. The third-order valence-electron chi connectivity index (χ3n) is 2.11. The molecule has 7 nitrogen and oxygen atoms in total. The summed E-state index contributed by atoms with van der Waals surface area (Å²) in [5.74, 6) is -1.09. The second kappa shape index (κ2) is 5.78. The molecular weight excluding hydrogens is 226 g/mol. The number of carboxylic acids is 1. The quantitative estimate of drug-likeness (QED) is 0.575. The molecule has 0 saturated carbocycles. The van der Waals surface area contributed by atoms with Crippen LogP contribution in [0.3, 0.4) is 0 Å². The molecule has 0 fully saturated rings. The number of carbonyl (C=O) groups is 1. The van der Waals surface area contributed by atoms with Crippen molar-refractivity contribution in [3.8, 4) is 0 Å². The van der Waals surface area contributed by atoms with Gasteiger partial charge in [0.1, 0.15) is 0 Å². The van der Waals surface area contributed by atoms with Gasteiger partial charge in [0.05, 0.1) is 5.69 Å². The second-order valence-corrected chi connectivity index (χ2v) is 3.75. The molecule has 0 aliphatic rings. The van der Waals surface area contributed by atoms with Gasteiger partial charge in [0, 0.05) is 19.0 Å². The Balaban J connectivity index is 2.47. The summed E-state index contributed by atoms with van der Waals surface area (Å²) < 4.78 is 0. The highest BCUT2D eigenvalue weighted by Crippen LogP contribution is 2.12. The van der Waals surface area contributed by atoms with Crippen LogP contribution in [0.2, 0.25) is 0 Å². The van der Waals surface area contributed by atoms with E-state index < -0.39 is 10.9 Å². The highest BCUT2D eigenvalue weighted by Gasteiger charge is 2.09. The fourth-order valence-electron chi connectivity index (χ4n) is 1.26. The monoisotopic (exact) mass is 239 g/mol. The number of anilines is 1. The van der Waals surface area contributed by atoms with Crippen molar-refractivity contribution in [2.45, 2.75) is 13.3 Å². The van der Waals surface area contributed by atoms with Crippen molar-refractivity contribution < 1.29 is 14.8 Å². The largest absolute Gasteiger partial charge is 0.481 e. The van der Waals surface area contributed by atoms with Gasteiger partial charge in [-0.2, -0.15) is 0 Å². The number of nitrogens with zero attached hydrogens (tertiary/aromatic N) is 2. The van der Waals surface area contributed by atoms with E-state index in [1.54, 1.807) is 13.0 Å². The molecule has 0 aromatic carbocycles. The lowest BCUT2D eigenvalue weighted by atomic mass is 10.1. The summed E-state index contributed by atoms with van der Waals surface area (Å²) in [6.07, 6.45) is 1.43. The molecule has 17 heavy (non-hydrogen) atoms. The van der Waals surface area contributed by atoms with Crippen molar-refractivity contribution >= 4 is 17.5 Å². The van der Waals surface area contributed by atoms with Gasteiger partial charge < -0.3 is 20.5 Å². The van der Waals surface area contributed by atoms with Crippen molar-refractivity contribution in [3.05, 3.63) is 28.4 Å². The zero-order valence-electron chi connectivity index (χ0n) is 9.29. The molecule has 1 unspecified atom stereocenters. The number of nitro groups is 1. The molecule has 1 atom stereocenters. The molecule has 0 amide bonds. The van der Waals surface area contributed by atoms with E-state index in [0.29, 0.717) is 12.2 Å². The Morgan fingerprint density at radius 2 is 2.35 bits per heavy atom. The van der Waals surface area contributed by atoms with Gasteiger partial charge in [-0.25, -0.2) is 0 Å². The van der Waals surface area contributed by atoms with E-state index in [1.807, 2.05) is 0 Å². The first kappa shape index (κ1) is 12.9. The van der Waals surface area contributed by atoms with E-state index in [9.17, 15) is 14.9 Å². The minimum atomic E-state index is -0.846. The first-order valence-electron chi connectivity index (χ1n) is 5.05. The molecule has 0 saturated heterocycles. The van der Waals surface area contributed by atoms with Gasteiger partial charge in [0.15, 0.2) is 6.20 Å². The second-order valence-electron chi connectivity index (χ2n) is 3.75. The average Bonchev–Trinajstić information content (AvgIpc) is 2.26. The van der Waals surface area contributed by atoms with Crippen molar-refractivity contribution in [3.63, 3.8) is 0 Å². The van der Waals surface area contributed by atoms with Gasteiger partial charge >= 0.3 is 11.8 Å². The highest BCUT2D eigenvalue weighted by molar-refractivity contribution is 5.67. The lowest BCUT2D eigenvalue weighted by Crippen LogP contribution is -2.15. The number of nitrogens with one attached hydrogen (secondary N) is 1. The van der Waals surface area contributed by atoms with Gasteiger partial charge in [-0.05, 0) is 21.9 Å². The molecule has 0 spiro atoms. The summed E-state index contributed by atoms with van der Waals surface area (Å²) in [7, 11) is 0. The number of hydrogen-bond donors (Lipinski definition) is 2. The Morgan fingerprint density at radius 3 is 2.82 bits per heavy atom. The Hall–Kier alpha value is -2.18. The van der Waals surface area contributed by atoms with Crippen LogP contribution in [0.25, 0.3) is 0 Å². The summed E-state index contributed by atoms with van der Waals surface area (Å²) in [5, 5.41) is 21.9. The maximum atomic E-state index is 10.4. The third-order valence-corrected chi connectivity index (χ3v) is 2.11. The van der Waals surface area contributed by atoms with E-state index in [-0.39, 0.29) is 18.2 Å². The lowest BCUT2D eigenvalue weighted by molar-refractivity contribution is -0.389. The fraction of sp³-hybridized carbons (Fsp3) is 0.400. The van der Waals surface area contributed by atoms with E-state index in [2.05, 4.69) is 10.3 Å². The number of pyridine rings is 1. The van der Waals surface area contributed by atoms with Crippen LogP contribution in [-0.4, -0.2) is 27.5 Å². The molecule has 0 aliphatic heterocycles. The molecule has 0 radical (unpaired) electrons. The highest BCUT2D eigenvalue weighted by atomic mass is 16.6. The van der Waals surface area contributed by atoms with Crippen molar-refractivity contribution in [1.29, 1.82) is 0 Å². The van der Waals surface area contributed by atoms with Crippen LogP contribution in [0, 0.1) is 16.0 Å². The topological polar surface area (TPSA) is 105 Å². The Kier molecular flexibility index (Phi) is 4.38. The normalized spacial score (nSPS) is 11.8. The predicted octanol–water partition coefficient (Wildman–Crippen LogP) is 1.51. The van der Waals surface area contributed by atoms with E-state index in [1.165, 1.54) is 12.3 Å². The molecule has 1 rings (SSSR count). The number of rotatable bonds is 6. The SMILES string of the molecule is CC(CNc1ccc([N+](=O)[O-])nc1)CC(=O)O. The smallest absolute Gasteiger partial charge is 0.363 e. The van der Waals surface area contributed by atoms with Gasteiger partial charge in [0.25, 0.3) is 0 Å². The van der Waals surface area contributed by atoms with Gasteiger partial charge in [0.2, 0.25) is 0 Å². The molecule has 0 bridgehead atoms. The summed E-state index contributed by atoms with van der Waals surface area (Å²) in [6.45, 7) is 2.28. The standard InChI is InChI=1S/C10H13N3O4/c1-7(4-10(14)15)5-11-8-2-3-9(12-6-8)13(16)17/h2-3,6-7,11H,4-5H2,1H3,(H,14,15). The fourth-order valence-corrected chi connectivity index (χ4v) is 1.26. The van der Waals surface area contributed by atoms with Gasteiger partial charge in [-0.15, -0.1) is 0 Å². The minimum Gasteiger partial charge on any atom is -0.481 e. The third kappa shape index (κ3) is 4.45. The Morgan fingerprint density at radius 1 is 1.65 bits per heavy atom. The predicted molar refractivity (Wildman–Crippen MR) is 60.8 cm³/mol. The average molecular weight is 239 g/mol. The number of aliphatic carboxylic acids is 1. The maximum Gasteiger partial charge on any atom is 0.363 e. The van der Waals surface area contributed by atoms with Crippen molar-refractivity contribution in [2.75, 3.05) is 11.9 Å². The molecule has 0 aliphatic carbocycles. The van der Waals surface area contributed by atoms with Crippen LogP contribution in [0.5, 0.6) is 0 Å². The van der Waals surface area contributed by atoms with Crippen molar-refractivity contribution in [2.24, 2.45) is 5.92 Å². The van der Waals surface area contributed by atoms with Crippen LogP contribution in [0.15, 0.2) is 18.3 Å². The van der Waals surface area contributed by atoms with Crippen molar-refractivity contribution in [1.82, 2.24) is 4.98 Å². The van der Waals surface area contributed by atoms with Crippen LogP contribution in [0.4, 0.5) is 11.5 Å². The Bertz CT molecular complexity index is 405. The van der Waals surface area contributed by atoms with Crippen LogP contribution in [0.1, 0.15) is 13.3 Å². The Labute approximate surface area is 97.6 Å². The number of hydrogen-bond acceptors (Lipinski definition) is 5. The summed E-state index contributed by atoms with van der Waals surface area (Å²) in [5.41, 5.74) is 0.632. The summed E-state index contributed by atoms with van der Waals surface area (Å²) in [4.78, 5) is 23.8. The van der Waals surface area contributed by atoms with E-state index >= 15 is 0 Å². The van der Waals surface area contributed by atoms with Crippen LogP contribution >= 0.6 is 0 Å². The van der Waals surface area contributed by atoms with Gasteiger partial charge in [-0.3, -0.25) is 4.79 Å². The zero-order chi connectivity index (χ0) is 12.8. The van der Waals surface area contributed by atoms with Crippen LogP contribution in [-0.2, 0) is 4.79 Å². The molecule has 1 heterocycles. The number of carboxylic acid groups (broad SMARTS) is 1. The molecule has 92 valence electrons. The summed E-state index contributed by atoms with van der Waals surface area (Å²) in [6, 6.07) is 2.84. The lowest BCUT2D eigenvalue weighted by Gasteiger charge is -2.10. The molecular formula is C10H13N3O4. The first-order valence-corrected chi connectivity index (χ1v) is 5.05. The maximum absolute atomic E-state index is 10.4. The van der Waals surface area contributed by atoms with Crippen LogP contribution < -0.4 is 5.32 Å². The number of aromatic nitrogens is 1. The van der Waals surface area contributed by atoms with E-state index in [4.69, 9.17) is 5.11 Å². The molecule has 2 N–H and O–H groups in total. The van der Waals surface area contributed by atoms with Gasteiger partial charge in [-0.1, -0.05) is 6.92 Å². The van der Waals surface area contributed by atoms with E-state index in [0.717, 1.165) is 0 Å². The molecule has 7 heteroatoms. The summed E-state index contributed by atoms with van der Waals surface area (Å²) >= 11 is 0. The molecule has 1 aromatic heterocycles. The minimum absolute atomic E-state index is 0.0253.